The van der Waals surface area contributed by atoms with Gasteiger partial charge in [0.15, 0.2) is 0 Å². The first-order valence-electron chi connectivity index (χ1n) is 9.53. The van der Waals surface area contributed by atoms with Crippen LogP contribution in [0.4, 0.5) is 0 Å². The zero-order valence-electron chi connectivity index (χ0n) is 14.4. The van der Waals surface area contributed by atoms with Crippen LogP contribution in [0.15, 0.2) is 12.2 Å². The topological polar surface area (TPSA) is 24.1 Å². The molecule has 2 N–H and O–H groups in total. The van der Waals surface area contributed by atoms with Gasteiger partial charge < -0.3 is 10.6 Å². The molecule has 6 rings (SSSR count). The molecule has 4 heterocycles. The number of hydrogen-bond donors (Lipinski definition) is 2. The second-order valence-electron chi connectivity index (χ2n) is 10.7. The van der Waals surface area contributed by atoms with Gasteiger partial charge in [-0.25, -0.2) is 0 Å². The van der Waals surface area contributed by atoms with Crippen molar-refractivity contribution in [1.82, 2.24) is 10.6 Å². The molecule has 0 amide bonds. The van der Waals surface area contributed by atoms with Crippen molar-refractivity contribution < 1.29 is 0 Å². The molecule has 2 aliphatic carbocycles. The number of fused-ring (bicyclic) bond motifs is 17. The molecule has 4 aliphatic heterocycles. The molecular formula is C20H30N2. The van der Waals surface area contributed by atoms with E-state index >= 15 is 0 Å². The summed E-state index contributed by atoms with van der Waals surface area (Å²) in [5, 5.41) is 8.27. The second kappa shape index (κ2) is 3.24. The summed E-state index contributed by atoms with van der Waals surface area (Å²) in [4.78, 5) is 0. The summed E-state index contributed by atoms with van der Waals surface area (Å²) in [6.07, 6.45) is 10.9. The van der Waals surface area contributed by atoms with Crippen molar-refractivity contribution in [3.05, 3.63) is 12.2 Å². The number of rotatable bonds is 0. The lowest BCUT2D eigenvalue weighted by molar-refractivity contribution is 0.0354. The SMILES string of the molecule is CC12C=C[C@@](C)(C1)C1NC2C2C1C1(C)CC2(C)C2CCC1N2. The highest BCUT2D eigenvalue weighted by molar-refractivity contribution is 5.36. The van der Waals surface area contributed by atoms with Gasteiger partial charge in [-0.1, -0.05) is 39.8 Å². The van der Waals surface area contributed by atoms with Crippen LogP contribution in [0.1, 0.15) is 53.4 Å². The Hall–Kier alpha value is -0.340. The summed E-state index contributed by atoms with van der Waals surface area (Å²) >= 11 is 0. The molecule has 6 aliphatic rings. The third-order valence-corrected chi connectivity index (χ3v) is 9.52. The minimum Gasteiger partial charge on any atom is -0.310 e. The maximum Gasteiger partial charge on any atom is 0.0196 e. The monoisotopic (exact) mass is 298 g/mol. The average molecular weight is 298 g/mol. The van der Waals surface area contributed by atoms with Crippen molar-refractivity contribution in [3.63, 3.8) is 0 Å². The normalized spacial score (nSPS) is 72.9. The van der Waals surface area contributed by atoms with Gasteiger partial charge in [0.05, 0.1) is 0 Å². The molecule has 2 nitrogen and oxygen atoms in total. The lowest BCUT2D eigenvalue weighted by atomic mass is 9.63. The predicted molar refractivity (Wildman–Crippen MR) is 88.4 cm³/mol. The Morgan fingerprint density at radius 3 is 1.73 bits per heavy atom. The molecule has 120 valence electrons. The minimum atomic E-state index is 0.390. The van der Waals surface area contributed by atoms with Gasteiger partial charge >= 0.3 is 0 Å². The summed E-state index contributed by atoms with van der Waals surface area (Å²) in [7, 11) is 0. The molecule has 4 saturated heterocycles. The maximum atomic E-state index is 4.19. The van der Waals surface area contributed by atoms with E-state index < -0.39 is 0 Å². The fourth-order valence-corrected chi connectivity index (χ4v) is 8.90. The van der Waals surface area contributed by atoms with Gasteiger partial charge in [-0.3, -0.25) is 0 Å². The van der Waals surface area contributed by atoms with Crippen LogP contribution in [0.25, 0.3) is 0 Å². The van der Waals surface area contributed by atoms with E-state index in [1.54, 1.807) is 0 Å². The zero-order chi connectivity index (χ0) is 15.1. The number of piperidine rings is 2. The standard InChI is InChI=1S/C20H30N2/c1-17-7-8-18(2,9-17)16-14-13(15(17)22-16)19(3)10-20(14,4)12-6-5-11(19)21-12/h7-8,11-16,21-22H,5-6,9-10H2,1-4H3/t11?,12?,13?,14?,15?,16?,17-,18?,19?,20?/m0/s1. The van der Waals surface area contributed by atoms with E-state index in [2.05, 4.69) is 50.5 Å². The summed E-state index contributed by atoms with van der Waals surface area (Å²) in [5.41, 5.74) is 1.80. The Kier molecular flexibility index (Phi) is 1.91. The Balaban J connectivity index is 1.59. The van der Waals surface area contributed by atoms with Crippen LogP contribution in [-0.4, -0.2) is 24.2 Å². The Labute approximate surface area is 134 Å². The summed E-state index contributed by atoms with van der Waals surface area (Å²) < 4.78 is 0. The molecule has 5 fully saturated rings. The van der Waals surface area contributed by atoms with Gasteiger partial charge in [0.2, 0.25) is 0 Å². The molecule has 2 heteroatoms. The largest absolute Gasteiger partial charge is 0.310 e. The van der Waals surface area contributed by atoms with Crippen LogP contribution in [0.2, 0.25) is 0 Å². The van der Waals surface area contributed by atoms with Crippen molar-refractivity contribution in [1.29, 1.82) is 0 Å². The van der Waals surface area contributed by atoms with Crippen LogP contribution >= 0.6 is 0 Å². The van der Waals surface area contributed by atoms with Crippen molar-refractivity contribution in [2.24, 2.45) is 33.5 Å². The predicted octanol–water partition coefficient (Wildman–Crippen LogP) is 3.10. The summed E-state index contributed by atoms with van der Waals surface area (Å²) in [6.45, 7) is 10.3. The van der Waals surface area contributed by atoms with E-state index in [9.17, 15) is 0 Å². The first-order chi connectivity index (χ1) is 10.3. The first-order valence-corrected chi connectivity index (χ1v) is 9.53. The molecule has 0 radical (unpaired) electrons. The molecule has 0 aromatic rings. The van der Waals surface area contributed by atoms with E-state index in [1.165, 1.54) is 25.7 Å². The molecule has 0 aromatic heterocycles. The Bertz CT molecular complexity index is 565. The molecule has 22 heavy (non-hydrogen) atoms. The van der Waals surface area contributed by atoms with Gasteiger partial charge in [0.1, 0.15) is 0 Å². The highest BCUT2D eigenvalue weighted by atomic mass is 15.2. The minimum absolute atomic E-state index is 0.390. The van der Waals surface area contributed by atoms with Gasteiger partial charge in [0, 0.05) is 35.0 Å². The van der Waals surface area contributed by atoms with Crippen LogP contribution < -0.4 is 10.6 Å². The fraction of sp³-hybridized carbons (Fsp3) is 0.900. The van der Waals surface area contributed by atoms with Crippen molar-refractivity contribution in [2.45, 2.75) is 77.5 Å². The van der Waals surface area contributed by atoms with E-state index in [1.807, 2.05) is 0 Å². The van der Waals surface area contributed by atoms with Crippen molar-refractivity contribution in [2.75, 3.05) is 0 Å². The molecule has 8 bridgehead atoms. The van der Waals surface area contributed by atoms with Crippen molar-refractivity contribution in [3.8, 4) is 0 Å². The zero-order valence-corrected chi connectivity index (χ0v) is 14.4. The van der Waals surface area contributed by atoms with Crippen LogP contribution in [0.5, 0.6) is 0 Å². The highest BCUT2D eigenvalue weighted by Gasteiger charge is 2.77. The Morgan fingerprint density at radius 1 is 0.727 bits per heavy atom. The Morgan fingerprint density at radius 2 is 1.23 bits per heavy atom. The smallest absolute Gasteiger partial charge is 0.0196 e. The van der Waals surface area contributed by atoms with E-state index in [0.29, 0.717) is 33.7 Å². The molecule has 1 saturated carbocycles. The van der Waals surface area contributed by atoms with Gasteiger partial charge in [0.25, 0.3) is 0 Å². The molecule has 0 spiro atoms. The number of hydrogen-bond acceptors (Lipinski definition) is 2. The van der Waals surface area contributed by atoms with Crippen LogP contribution in [0, 0.1) is 33.5 Å². The van der Waals surface area contributed by atoms with Crippen molar-refractivity contribution >= 4 is 0 Å². The second-order valence-corrected chi connectivity index (χ2v) is 10.7. The highest BCUT2D eigenvalue weighted by Crippen LogP contribution is 2.75. The van der Waals surface area contributed by atoms with E-state index in [-0.39, 0.29) is 0 Å². The fourth-order valence-electron chi connectivity index (χ4n) is 8.90. The molecule has 10 atom stereocenters. The van der Waals surface area contributed by atoms with E-state index in [4.69, 9.17) is 0 Å². The summed E-state index contributed by atoms with van der Waals surface area (Å²) in [5.74, 6) is 1.75. The van der Waals surface area contributed by atoms with E-state index in [0.717, 1.165) is 23.9 Å². The molecule has 9 unspecified atom stereocenters. The third kappa shape index (κ3) is 1.08. The average Bonchev–Trinajstić information content (AvgIpc) is 3.12. The molecular weight excluding hydrogens is 268 g/mol. The lowest BCUT2D eigenvalue weighted by Crippen LogP contribution is -2.60. The third-order valence-electron chi connectivity index (χ3n) is 9.52. The maximum absolute atomic E-state index is 4.19. The quantitative estimate of drug-likeness (QED) is 0.672. The lowest BCUT2D eigenvalue weighted by Gasteiger charge is -2.51. The number of nitrogens with one attached hydrogen (secondary N) is 2. The van der Waals surface area contributed by atoms with Crippen LogP contribution in [-0.2, 0) is 0 Å². The molecule has 0 aromatic carbocycles. The van der Waals surface area contributed by atoms with Crippen LogP contribution in [0.3, 0.4) is 0 Å². The van der Waals surface area contributed by atoms with Gasteiger partial charge in [-0.05, 0) is 48.3 Å². The summed E-state index contributed by atoms with van der Waals surface area (Å²) in [6, 6.07) is 2.98. The first kappa shape index (κ1) is 13.0. The van der Waals surface area contributed by atoms with Gasteiger partial charge in [-0.2, -0.15) is 0 Å². The van der Waals surface area contributed by atoms with Gasteiger partial charge in [-0.15, -0.1) is 0 Å².